The normalized spacial score (nSPS) is 18.8. The maximum absolute atomic E-state index is 13.9. The SMILES string of the molecule is COc1ccc(C[C@H](NC(=O)C2(CC(CC(=O)N3CCC(N(C)C)CC3)C(=O)OC(C)(C)C)CCCC2)C(=O)O)cc1. The van der Waals surface area contributed by atoms with E-state index in [1.54, 1.807) is 52.1 Å². The molecule has 1 saturated carbocycles. The zero-order valence-electron chi connectivity index (χ0n) is 26.1. The van der Waals surface area contributed by atoms with Gasteiger partial charge < -0.3 is 29.7 Å². The number of ether oxygens (including phenoxy) is 2. The molecular formula is C32H49N3O7. The van der Waals surface area contributed by atoms with Crippen LogP contribution in [-0.2, 0) is 30.3 Å². The van der Waals surface area contributed by atoms with Gasteiger partial charge in [-0.2, -0.15) is 0 Å². The number of hydrogen-bond acceptors (Lipinski definition) is 7. The van der Waals surface area contributed by atoms with Gasteiger partial charge in [0.25, 0.3) is 0 Å². The number of hydrogen-bond donors (Lipinski definition) is 2. The lowest BCUT2D eigenvalue weighted by Gasteiger charge is -2.37. The van der Waals surface area contributed by atoms with Crippen molar-refractivity contribution in [2.75, 3.05) is 34.3 Å². The van der Waals surface area contributed by atoms with Crippen LogP contribution >= 0.6 is 0 Å². The first-order chi connectivity index (χ1) is 19.7. The number of methoxy groups -OCH3 is 1. The molecule has 0 bridgehead atoms. The number of piperidine rings is 1. The molecule has 1 saturated heterocycles. The molecule has 42 heavy (non-hydrogen) atoms. The van der Waals surface area contributed by atoms with Gasteiger partial charge >= 0.3 is 11.9 Å². The van der Waals surface area contributed by atoms with E-state index in [0.29, 0.717) is 37.7 Å². The molecule has 1 aliphatic carbocycles. The van der Waals surface area contributed by atoms with Crippen molar-refractivity contribution < 1.29 is 33.8 Å². The van der Waals surface area contributed by atoms with Gasteiger partial charge in [0, 0.05) is 32.0 Å². The molecule has 2 atom stereocenters. The number of aliphatic carboxylic acids is 1. The molecule has 2 amide bonds. The van der Waals surface area contributed by atoms with E-state index in [0.717, 1.165) is 31.2 Å². The van der Waals surface area contributed by atoms with Crippen LogP contribution in [-0.4, -0.2) is 90.6 Å². The minimum absolute atomic E-state index is 0.0369. The van der Waals surface area contributed by atoms with Crippen LogP contribution < -0.4 is 10.1 Å². The maximum Gasteiger partial charge on any atom is 0.326 e. The molecule has 0 radical (unpaired) electrons. The van der Waals surface area contributed by atoms with Crippen LogP contribution in [0.1, 0.15) is 77.7 Å². The van der Waals surface area contributed by atoms with Gasteiger partial charge in [-0.25, -0.2) is 4.79 Å². The molecule has 1 heterocycles. The molecule has 2 fully saturated rings. The first-order valence-corrected chi connectivity index (χ1v) is 15.1. The molecule has 1 unspecified atom stereocenters. The summed E-state index contributed by atoms with van der Waals surface area (Å²) in [5.41, 5.74) is -0.951. The fourth-order valence-corrected chi connectivity index (χ4v) is 6.15. The zero-order chi connectivity index (χ0) is 31.1. The van der Waals surface area contributed by atoms with Crippen LogP contribution in [0.2, 0.25) is 0 Å². The van der Waals surface area contributed by atoms with E-state index in [1.165, 1.54) is 0 Å². The van der Waals surface area contributed by atoms with Gasteiger partial charge in [-0.3, -0.25) is 14.4 Å². The summed E-state index contributed by atoms with van der Waals surface area (Å²) < 4.78 is 10.9. The van der Waals surface area contributed by atoms with Crippen molar-refractivity contribution in [3.63, 3.8) is 0 Å². The second-order valence-corrected chi connectivity index (χ2v) is 13.1. The van der Waals surface area contributed by atoms with Crippen LogP contribution in [0, 0.1) is 11.3 Å². The van der Waals surface area contributed by atoms with Crippen LogP contribution in [0.15, 0.2) is 24.3 Å². The summed E-state index contributed by atoms with van der Waals surface area (Å²) in [7, 11) is 5.64. The standard InChI is InChI=1S/C32H49N3O7/c1-31(2,3)42-29(39)23(20-27(36)35-17-13-24(14-18-35)34(4)5)21-32(15-7-8-16-32)30(40)33-26(28(37)38)19-22-9-11-25(41-6)12-10-22/h9-12,23-24,26H,7-8,13-21H2,1-6H3,(H,33,40)(H,37,38)/t23?,26-/m0/s1. The third kappa shape index (κ3) is 9.18. The molecule has 1 aromatic rings. The van der Waals surface area contributed by atoms with Gasteiger partial charge in [0.2, 0.25) is 11.8 Å². The highest BCUT2D eigenvalue weighted by Crippen LogP contribution is 2.45. The first kappa shape index (κ1) is 33.4. The van der Waals surface area contributed by atoms with Crippen LogP contribution in [0.5, 0.6) is 5.75 Å². The number of likely N-dealkylation sites (tertiary alicyclic amines) is 1. The zero-order valence-corrected chi connectivity index (χ0v) is 26.1. The second-order valence-electron chi connectivity index (χ2n) is 13.1. The molecule has 234 valence electrons. The van der Waals surface area contributed by atoms with E-state index < -0.39 is 34.9 Å². The average Bonchev–Trinajstić information content (AvgIpc) is 3.41. The predicted molar refractivity (Wildman–Crippen MR) is 159 cm³/mol. The van der Waals surface area contributed by atoms with Gasteiger partial charge in [0.1, 0.15) is 17.4 Å². The largest absolute Gasteiger partial charge is 0.497 e. The summed E-state index contributed by atoms with van der Waals surface area (Å²) in [5, 5.41) is 12.7. The molecule has 0 aromatic heterocycles. The lowest BCUT2D eigenvalue weighted by atomic mass is 9.75. The Labute approximate surface area is 250 Å². The van der Waals surface area contributed by atoms with E-state index in [1.807, 2.05) is 19.0 Å². The summed E-state index contributed by atoms with van der Waals surface area (Å²) in [6.07, 6.45) is 4.57. The summed E-state index contributed by atoms with van der Waals surface area (Å²) >= 11 is 0. The number of carbonyl (C=O) groups excluding carboxylic acids is 3. The van der Waals surface area contributed by atoms with Gasteiger partial charge in [-0.05, 0) is 84.7 Å². The Balaban J connectivity index is 1.78. The highest BCUT2D eigenvalue weighted by molar-refractivity contribution is 5.89. The number of nitrogens with zero attached hydrogens (tertiary/aromatic N) is 2. The van der Waals surface area contributed by atoms with Gasteiger partial charge in [-0.15, -0.1) is 0 Å². The minimum atomic E-state index is -1.14. The highest BCUT2D eigenvalue weighted by Gasteiger charge is 2.46. The summed E-state index contributed by atoms with van der Waals surface area (Å²) in [6.45, 7) is 6.60. The van der Waals surface area contributed by atoms with E-state index in [-0.39, 0.29) is 31.1 Å². The molecule has 1 aliphatic heterocycles. The minimum Gasteiger partial charge on any atom is -0.497 e. The van der Waals surface area contributed by atoms with Crippen molar-refractivity contribution in [1.82, 2.24) is 15.1 Å². The Kier molecular flexibility index (Phi) is 11.4. The van der Waals surface area contributed by atoms with E-state index in [2.05, 4.69) is 10.2 Å². The number of carboxylic acids is 1. The predicted octanol–water partition coefficient (Wildman–Crippen LogP) is 3.66. The quantitative estimate of drug-likeness (QED) is 0.355. The van der Waals surface area contributed by atoms with E-state index in [4.69, 9.17) is 9.47 Å². The van der Waals surface area contributed by atoms with Crippen molar-refractivity contribution in [3.05, 3.63) is 29.8 Å². The number of benzene rings is 1. The van der Waals surface area contributed by atoms with Crippen LogP contribution in [0.25, 0.3) is 0 Å². The topological polar surface area (TPSA) is 125 Å². The molecule has 2 aliphatic rings. The van der Waals surface area contributed by atoms with Crippen molar-refractivity contribution in [2.45, 2.75) is 96.2 Å². The van der Waals surface area contributed by atoms with Crippen molar-refractivity contribution in [1.29, 1.82) is 0 Å². The van der Waals surface area contributed by atoms with Gasteiger partial charge in [0.05, 0.1) is 18.4 Å². The second kappa shape index (κ2) is 14.4. The number of nitrogens with one attached hydrogen (secondary N) is 1. The number of carbonyl (C=O) groups is 4. The Bertz CT molecular complexity index is 1080. The average molecular weight is 588 g/mol. The van der Waals surface area contributed by atoms with E-state index in [9.17, 15) is 24.3 Å². The Morgan fingerprint density at radius 1 is 1.07 bits per heavy atom. The molecule has 10 nitrogen and oxygen atoms in total. The van der Waals surface area contributed by atoms with Gasteiger partial charge in [0.15, 0.2) is 0 Å². The maximum atomic E-state index is 13.9. The van der Waals surface area contributed by atoms with E-state index >= 15 is 0 Å². The monoisotopic (exact) mass is 587 g/mol. The fraction of sp³-hybridized carbons (Fsp3) is 0.688. The van der Waals surface area contributed by atoms with Crippen molar-refractivity contribution in [3.8, 4) is 5.75 Å². The molecule has 2 N–H and O–H groups in total. The molecule has 0 spiro atoms. The molecule has 3 rings (SSSR count). The van der Waals surface area contributed by atoms with Crippen LogP contribution in [0.3, 0.4) is 0 Å². The number of carboxylic acid groups (broad SMARTS) is 1. The number of esters is 1. The summed E-state index contributed by atoms with van der Waals surface area (Å²) in [6, 6.07) is 6.33. The lowest BCUT2D eigenvalue weighted by Crippen LogP contribution is -2.50. The fourth-order valence-electron chi connectivity index (χ4n) is 6.15. The molecular weight excluding hydrogens is 538 g/mol. The van der Waals surface area contributed by atoms with Crippen LogP contribution in [0.4, 0.5) is 0 Å². The smallest absolute Gasteiger partial charge is 0.326 e. The third-order valence-corrected chi connectivity index (χ3v) is 8.59. The molecule has 1 aromatic carbocycles. The summed E-state index contributed by atoms with van der Waals surface area (Å²) in [4.78, 5) is 56.9. The highest BCUT2D eigenvalue weighted by atomic mass is 16.6. The third-order valence-electron chi connectivity index (χ3n) is 8.59. The lowest BCUT2D eigenvalue weighted by molar-refractivity contribution is -0.164. The molecule has 10 heteroatoms. The Morgan fingerprint density at radius 3 is 2.17 bits per heavy atom. The number of rotatable bonds is 12. The number of amides is 2. The Morgan fingerprint density at radius 2 is 1.67 bits per heavy atom. The van der Waals surface area contributed by atoms with Crippen molar-refractivity contribution in [2.24, 2.45) is 11.3 Å². The van der Waals surface area contributed by atoms with Crippen molar-refractivity contribution >= 4 is 23.8 Å². The Hall–Kier alpha value is -3.14. The van der Waals surface area contributed by atoms with Gasteiger partial charge in [-0.1, -0.05) is 25.0 Å². The summed E-state index contributed by atoms with van der Waals surface area (Å²) in [5.74, 6) is -2.27. The first-order valence-electron chi connectivity index (χ1n) is 15.1.